The zero-order valence-corrected chi connectivity index (χ0v) is 22.3. The van der Waals surface area contributed by atoms with Gasteiger partial charge in [-0.1, -0.05) is 78.9 Å². The van der Waals surface area contributed by atoms with E-state index in [1.165, 1.54) is 33.4 Å². The van der Waals surface area contributed by atoms with Gasteiger partial charge < -0.3 is 0 Å². The Morgan fingerprint density at radius 1 is 0.784 bits per heavy atom. The average Bonchev–Trinajstić information content (AvgIpc) is 3.36. The van der Waals surface area contributed by atoms with E-state index in [1.54, 1.807) is 0 Å². The van der Waals surface area contributed by atoms with Crippen LogP contribution in [0.25, 0.3) is 11.8 Å². The van der Waals surface area contributed by atoms with Gasteiger partial charge in [0.15, 0.2) is 5.82 Å². The van der Waals surface area contributed by atoms with Crippen LogP contribution in [0.3, 0.4) is 0 Å². The predicted octanol–water partition coefficient (Wildman–Crippen LogP) is 5.32. The van der Waals surface area contributed by atoms with Crippen molar-refractivity contribution in [3.63, 3.8) is 0 Å². The molecule has 4 aromatic rings. The van der Waals surface area contributed by atoms with Gasteiger partial charge in [-0.25, -0.2) is 0 Å². The fourth-order valence-corrected chi connectivity index (χ4v) is 5.23. The highest BCUT2D eigenvalue weighted by Gasteiger charge is 2.31. The van der Waals surface area contributed by atoms with Gasteiger partial charge in [-0.05, 0) is 71.5 Å². The number of nitrogens with zero attached hydrogens (tertiary/aromatic N) is 6. The van der Waals surface area contributed by atoms with E-state index in [0.717, 1.165) is 44.2 Å². The molecule has 0 saturated carbocycles. The summed E-state index contributed by atoms with van der Waals surface area (Å²) >= 11 is 0. The first-order chi connectivity index (χ1) is 18.0. The van der Waals surface area contributed by atoms with E-state index in [0.29, 0.717) is 0 Å². The van der Waals surface area contributed by atoms with Gasteiger partial charge in [-0.15, -0.1) is 5.10 Å². The number of benzene rings is 3. The third kappa shape index (κ3) is 5.55. The molecule has 0 bridgehead atoms. The van der Waals surface area contributed by atoms with Crippen LogP contribution in [0.1, 0.15) is 45.2 Å². The van der Waals surface area contributed by atoms with Gasteiger partial charge in [-0.3, -0.25) is 9.80 Å². The number of aromatic nitrogens is 4. The van der Waals surface area contributed by atoms with Gasteiger partial charge in [0.1, 0.15) is 0 Å². The smallest absolute Gasteiger partial charge is 0.178 e. The fourth-order valence-electron chi connectivity index (χ4n) is 5.23. The maximum atomic E-state index is 4.62. The third-order valence-electron chi connectivity index (χ3n) is 7.48. The molecule has 5 rings (SSSR count). The van der Waals surface area contributed by atoms with E-state index in [4.69, 9.17) is 0 Å². The van der Waals surface area contributed by atoms with Crippen LogP contribution in [-0.4, -0.2) is 62.7 Å². The van der Waals surface area contributed by atoms with Crippen LogP contribution in [0, 0.1) is 27.7 Å². The quantitative estimate of drug-likeness (QED) is 0.350. The molecule has 1 aliphatic heterocycles. The molecule has 0 N–H and O–H groups in total. The molecule has 2 heterocycles. The van der Waals surface area contributed by atoms with Crippen LogP contribution in [0.5, 0.6) is 0 Å². The number of hydrogen-bond acceptors (Lipinski definition) is 5. The molecule has 37 heavy (non-hydrogen) atoms. The summed E-state index contributed by atoms with van der Waals surface area (Å²) in [5, 5.41) is 13.3. The second kappa shape index (κ2) is 11.2. The zero-order chi connectivity index (χ0) is 25.8. The lowest BCUT2D eigenvalue weighted by Gasteiger charge is -2.38. The van der Waals surface area contributed by atoms with Gasteiger partial charge in [0, 0.05) is 32.7 Å². The number of hydrogen-bond donors (Lipinski definition) is 0. The first-order valence-electron chi connectivity index (χ1n) is 13.1. The molecule has 1 fully saturated rings. The molecule has 6 heteroatoms. The predicted molar refractivity (Wildman–Crippen MR) is 150 cm³/mol. The maximum Gasteiger partial charge on any atom is 0.178 e. The van der Waals surface area contributed by atoms with E-state index in [-0.39, 0.29) is 6.04 Å². The number of para-hydroxylation sites is 1. The van der Waals surface area contributed by atoms with E-state index < -0.39 is 0 Å². The lowest BCUT2D eigenvalue weighted by Crippen LogP contribution is -2.48. The van der Waals surface area contributed by atoms with Crippen molar-refractivity contribution >= 4 is 6.08 Å². The minimum atomic E-state index is -0.0182. The Labute approximate surface area is 220 Å². The highest BCUT2D eigenvalue weighted by molar-refractivity contribution is 5.49. The summed E-state index contributed by atoms with van der Waals surface area (Å²) in [7, 11) is 0. The summed E-state index contributed by atoms with van der Waals surface area (Å²) in [5.74, 6) is 0.873. The molecule has 6 nitrogen and oxygen atoms in total. The molecule has 190 valence electrons. The molecule has 1 aliphatic rings. The molecule has 3 aromatic carbocycles. The summed E-state index contributed by atoms with van der Waals surface area (Å²) in [6.45, 7) is 13.5. The highest BCUT2D eigenvalue weighted by Crippen LogP contribution is 2.31. The maximum absolute atomic E-state index is 4.62. The molecule has 1 atom stereocenters. The van der Waals surface area contributed by atoms with Crippen LogP contribution < -0.4 is 0 Å². The second-order valence-electron chi connectivity index (χ2n) is 10.1. The summed E-state index contributed by atoms with van der Waals surface area (Å²) < 4.78 is 1.96. The van der Waals surface area contributed by atoms with Crippen LogP contribution in [0.4, 0.5) is 0 Å². The number of rotatable bonds is 7. The summed E-state index contributed by atoms with van der Waals surface area (Å²) in [4.78, 5) is 5.05. The summed E-state index contributed by atoms with van der Waals surface area (Å²) in [6.07, 6.45) is 4.48. The number of piperazine rings is 1. The number of tetrazole rings is 1. The van der Waals surface area contributed by atoms with E-state index >= 15 is 0 Å². The van der Waals surface area contributed by atoms with Crippen LogP contribution in [-0.2, 0) is 0 Å². The van der Waals surface area contributed by atoms with Crippen LogP contribution in [0.2, 0.25) is 0 Å². The normalized spacial score (nSPS) is 15.9. The van der Waals surface area contributed by atoms with Crippen molar-refractivity contribution in [2.24, 2.45) is 0 Å². The van der Waals surface area contributed by atoms with Crippen molar-refractivity contribution < 1.29 is 0 Å². The molecule has 1 unspecified atom stereocenters. The molecule has 1 saturated heterocycles. The van der Waals surface area contributed by atoms with Crippen LogP contribution >= 0.6 is 0 Å². The average molecular weight is 493 g/mol. The van der Waals surface area contributed by atoms with Gasteiger partial charge >= 0.3 is 0 Å². The largest absolute Gasteiger partial charge is 0.297 e. The topological polar surface area (TPSA) is 50.1 Å². The van der Waals surface area contributed by atoms with Crippen molar-refractivity contribution in [3.05, 3.63) is 112 Å². The Morgan fingerprint density at radius 3 is 2.22 bits per heavy atom. The van der Waals surface area contributed by atoms with Crippen molar-refractivity contribution in [2.75, 3.05) is 32.7 Å². The van der Waals surface area contributed by atoms with Crippen LogP contribution in [0.15, 0.2) is 72.8 Å². The zero-order valence-electron chi connectivity index (χ0n) is 22.3. The molecule has 1 aromatic heterocycles. The second-order valence-corrected chi connectivity index (χ2v) is 10.1. The molecular weight excluding hydrogens is 456 g/mol. The molecule has 0 aliphatic carbocycles. The monoisotopic (exact) mass is 492 g/mol. The van der Waals surface area contributed by atoms with Gasteiger partial charge in [0.05, 0.1) is 11.7 Å². The summed E-state index contributed by atoms with van der Waals surface area (Å²) in [5.41, 5.74) is 8.48. The van der Waals surface area contributed by atoms with Gasteiger partial charge in [0.25, 0.3) is 0 Å². The molecule has 0 spiro atoms. The van der Waals surface area contributed by atoms with Crippen molar-refractivity contribution in [1.29, 1.82) is 0 Å². The van der Waals surface area contributed by atoms with Crippen molar-refractivity contribution in [1.82, 2.24) is 30.0 Å². The summed E-state index contributed by atoms with van der Waals surface area (Å²) in [6, 6.07) is 23.6. The molecular formula is C31H36N6. The lowest BCUT2D eigenvalue weighted by molar-refractivity contribution is 0.113. The minimum Gasteiger partial charge on any atom is -0.297 e. The SMILES string of the molecule is Cc1ccc(C(c2nnnn2-c2c(C)cccc2C)N2CCN(CC=Cc3ccccc3)CC2)cc1C. The van der Waals surface area contributed by atoms with E-state index in [2.05, 4.69) is 132 Å². The van der Waals surface area contributed by atoms with Crippen molar-refractivity contribution in [2.45, 2.75) is 33.7 Å². The van der Waals surface area contributed by atoms with Gasteiger partial charge in [-0.2, -0.15) is 4.68 Å². The Bertz CT molecular complexity index is 1350. The fraction of sp³-hybridized carbons (Fsp3) is 0.323. The standard InChI is InChI=1S/C31H36N6/c1-23-15-16-28(22-26(23)4)30(31-32-33-34-37(31)29-24(2)10-8-11-25(29)3)36-20-18-35(19-21-36)17-9-14-27-12-6-5-7-13-27/h5-16,22,30H,17-21H2,1-4H3. The molecule has 0 amide bonds. The lowest BCUT2D eigenvalue weighted by atomic mass is 9.98. The van der Waals surface area contributed by atoms with E-state index in [1.807, 2.05) is 4.68 Å². The Kier molecular flexibility index (Phi) is 7.58. The number of aryl methyl sites for hydroxylation is 4. The highest BCUT2D eigenvalue weighted by atomic mass is 15.6. The minimum absolute atomic E-state index is 0.0182. The Morgan fingerprint density at radius 2 is 1.51 bits per heavy atom. The van der Waals surface area contributed by atoms with E-state index in [9.17, 15) is 0 Å². The Balaban J connectivity index is 1.41. The third-order valence-corrected chi connectivity index (χ3v) is 7.48. The molecule has 0 radical (unpaired) electrons. The Hall–Kier alpha value is -3.61. The first kappa shape index (κ1) is 25.1. The first-order valence-corrected chi connectivity index (χ1v) is 13.1. The van der Waals surface area contributed by atoms with Gasteiger partial charge in [0.2, 0.25) is 0 Å². The van der Waals surface area contributed by atoms with Crippen molar-refractivity contribution in [3.8, 4) is 5.69 Å².